The van der Waals surface area contributed by atoms with Crippen LogP contribution in [0, 0.1) is 0 Å². The molecule has 1 aliphatic rings. The number of para-hydroxylation sites is 1. The topological polar surface area (TPSA) is 189 Å². The van der Waals surface area contributed by atoms with Crippen molar-refractivity contribution in [2.75, 3.05) is 6.61 Å². The van der Waals surface area contributed by atoms with E-state index in [-0.39, 0.29) is 47.9 Å². The highest BCUT2D eigenvalue weighted by molar-refractivity contribution is 5.86. The van der Waals surface area contributed by atoms with Crippen molar-refractivity contribution in [3.05, 3.63) is 172 Å². The van der Waals surface area contributed by atoms with Crippen LogP contribution in [0.4, 0.5) is 0 Å². The van der Waals surface area contributed by atoms with Crippen LogP contribution in [0.15, 0.2) is 134 Å². The first-order valence-electron chi connectivity index (χ1n) is 17.9. The van der Waals surface area contributed by atoms with E-state index < -0.39 is 28.8 Å². The molecule has 1 atom stereocenters. The third-order valence-electron chi connectivity index (χ3n) is 9.75. The van der Waals surface area contributed by atoms with E-state index in [9.17, 15) is 29.4 Å². The van der Waals surface area contributed by atoms with Crippen molar-refractivity contribution in [2.45, 2.75) is 32.7 Å². The number of aromatic hydroxyl groups is 2. The van der Waals surface area contributed by atoms with Crippen molar-refractivity contribution in [1.29, 1.82) is 0 Å². The maximum atomic E-state index is 13.8. The van der Waals surface area contributed by atoms with E-state index >= 15 is 0 Å². The maximum absolute atomic E-state index is 13.8. The largest absolute Gasteiger partial charge is 0.508 e. The number of rotatable bonds is 9. The lowest BCUT2D eigenvalue weighted by Gasteiger charge is -2.28. The zero-order valence-electron chi connectivity index (χ0n) is 30.0. The minimum absolute atomic E-state index is 0.00858. The van der Waals surface area contributed by atoms with Gasteiger partial charge >= 0.3 is 22.5 Å². The smallest absolute Gasteiger partial charge is 0.339 e. The predicted octanol–water partition coefficient (Wildman–Crippen LogP) is 7.23. The van der Waals surface area contributed by atoms with Gasteiger partial charge in [0.1, 0.15) is 28.4 Å². The van der Waals surface area contributed by atoms with Crippen LogP contribution < -0.4 is 32.0 Å². The zero-order valence-corrected chi connectivity index (χ0v) is 30.0. The van der Waals surface area contributed by atoms with Gasteiger partial charge in [-0.15, -0.1) is 0 Å². The van der Waals surface area contributed by atoms with Crippen molar-refractivity contribution in [1.82, 2.24) is 0 Å². The molecular weight excluding hydrogens is 736 g/mol. The summed E-state index contributed by atoms with van der Waals surface area (Å²) >= 11 is 0. The van der Waals surface area contributed by atoms with Crippen LogP contribution >= 0.6 is 0 Å². The fraction of sp³-hybridized carbons (Fsp3) is 0.136. The summed E-state index contributed by atoms with van der Waals surface area (Å²) in [5.74, 6) is 0.857. The monoisotopic (exact) mass is 766 g/mol. The molecule has 1 aliphatic heterocycles. The molecule has 0 aliphatic carbocycles. The molecule has 0 radical (unpaired) electrons. The van der Waals surface area contributed by atoms with Crippen LogP contribution in [-0.2, 0) is 24.2 Å². The highest BCUT2D eigenvalue weighted by Crippen LogP contribution is 2.44. The van der Waals surface area contributed by atoms with Crippen molar-refractivity contribution in [3.8, 4) is 34.3 Å². The van der Waals surface area contributed by atoms with Crippen molar-refractivity contribution in [3.63, 3.8) is 0 Å². The molecule has 13 heteroatoms. The molecular formula is C44H30O13. The van der Waals surface area contributed by atoms with Gasteiger partial charge in [0.05, 0.1) is 24.3 Å². The van der Waals surface area contributed by atoms with Crippen LogP contribution in [0.2, 0.25) is 0 Å². The Morgan fingerprint density at radius 3 is 2.16 bits per heavy atom. The Labute approximate surface area is 320 Å². The van der Waals surface area contributed by atoms with Gasteiger partial charge in [0.25, 0.3) is 0 Å². The Balaban J connectivity index is 1.14. The molecule has 0 bridgehead atoms. The molecule has 0 fully saturated rings. The molecule has 0 spiro atoms. The minimum Gasteiger partial charge on any atom is -0.508 e. The van der Waals surface area contributed by atoms with Crippen LogP contribution in [0.25, 0.3) is 44.2 Å². The van der Waals surface area contributed by atoms with E-state index in [1.807, 2.05) is 6.92 Å². The van der Waals surface area contributed by atoms with Gasteiger partial charge in [0.15, 0.2) is 17.1 Å². The fourth-order valence-corrected chi connectivity index (χ4v) is 7.22. The van der Waals surface area contributed by atoms with E-state index in [2.05, 4.69) is 0 Å². The molecule has 0 saturated heterocycles. The van der Waals surface area contributed by atoms with Crippen LogP contribution in [0.3, 0.4) is 0 Å². The third kappa shape index (κ3) is 6.70. The third-order valence-corrected chi connectivity index (χ3v) is 9.75. The van der Waals surface area contributed by atoms with Gasteiger partial charge in [0, 0.05) is 46.3 Å². The van der Waals surface area contributed by atoms with E-state index in [4.69, 9.17) is 31.9 Å². The van der Waals surface area contributed by atoms with E-state index in [0.717, 1.165) is 5.56 Å². The number of hydrogen-bond donors (Lipinski definition) is 2. The number of phenolic OH excluding ortho intramolecular Hbond substituents is 2. The molecule has 1 unspecified atom stereocenters. The second-order valence-electron chi connectivity index (χ2n) is 13.5. The Kier molecular flexibility index (Phi) is 8.70. The van der Waals surface area contributed by atoms with Gasteiger partial charge < -0.3 is 42.1 Å². The zero-order chi connectivity index (χ0) is 39.4. The summed E-state index contributed by atoms with van der Waals surface area (Å²) in [7, 11) is 0. The molecule has 284 valence electrons. The minimum atomic E-state index is -1.15. The summed E-state index contributed by atoms with van der Waals surface area (Å²) < 4.78 is 40.6. The Morgan fingerprint density at radius 2 is 1.37 bits per heavy atom. The molecule has 0 saturated carbocycles. The number of hydrogen-bond acceptors (Lipinski definition) is 13. The van der Waals surface area contributed by atoms with Crippen molar-refractivity contribution >= 4 is 32.9 Å². The number of ether oxygens (including phenoxy) is 3. The lowest BCUT2D eigenvalue weighted by atomic mass is 9.95. The molecule has 9 rings (SSSR count). The number of phenols is 2. The highest BCUT2D eigenvalue weighted by atomic mass is 16.7. The van der Waals surface area contributed by atoms with Crippen LogP contribution in [0.5, 0.6) is 23.0 Å². The second-order valence-corrected chi connectivity index (χ2v) is 13.5. The Hall–Kier alpha value is -7.38. The molecule has 4 aromatic carbocycles. The molecule has 8 aromatic rings. The summed E-state index contributed by atoms with van der Waals surface area (Å²) in [6, 6.07) is 25.0. The number of fused-ring (bicyclic) bond motifs is 6. The van der Waals surface area contributed by atoms with Crippen LogP contribution in [0.1, 0.15) is 46.6 Å². The second kappa shape index (κ2) is 14.0. The summed E-state index contributed by atoms with van der Waals surface area (Å²) in [5.41, 5.74) is 1.30. The Bertz CT molecular complexity index is 3150. The molecule has 5 heterocycles. The fourth-order valence-electron chi connectivity index (χ4n) is 7.22. The maximum Gasteiger partial charge on any atom is 0.339 e. The SMILES string of the molecule is CCOc1ccc2oc(=O)cc(COC3Oc4ccc(Cc5cc(=O)oc6ccc(O)cc56)cc4-c4oc(=O)c(Cc5cc(=O)oc6c(O)cccc56)cc43)c2c1. The van der Waals surface area contributed by atoms with Gasteiger partial charge in [0.2, 0.25) is 6.29 Å². The normalized spacial score (nSPS) is 13.4. The van der Waals surface area contributed by atoms with Crippen LogP contribution in [-0.4, -0.2) is 16.8 Å². The van der Waals surface area contributed by atoms with Gasteiger partial charge in [-0.25, -0.2) is 19.2 Å². The first kappa shape index (κ1) is 35.3. The highest BCUT2D eigenvalue weighted by Gasteiger charge is 2.31. The van der Waals surface area contributed by atoms with Crippen molar-refractivity contribution in [2.24, 2.45) is 0 Å². The van der Waals surface area contributed by atoms with Gasteiger partial charge in [-0.05, 0) is 96.3 Å². The lowest BCUT2D eigenvalue weighted by Crippen LogP contribution is -2.21. The quantitative estimate of drug-likeness (QED) is 0.140. The average molecular weight is 767 g/mol. The molecule has 2 N–H and O–H groups in total. The molecule has 4 aromatic heterocycles. The Morgan fingerprint density at radius 1 is 0.649 bits per heavy atom. The van der Waals surface area contributed by atoms with Gasteiger partial charge in [-0.1, -0.05) is 18.2 Å². The van der Waals surface area contributed by atoms with E-state index in [1.165, 1.54) is 42.5 Å². The predicted molar refractivity (Wildman–Crippen MR) is 206 cm³/mol. The summed E-state index contributed by atoms with van der Waals surface area (Å²) in [4.78, 5) is 51.4. The lowest BCUT2D eigenvalue weighted by molar-refractivity contribution is -0.0952. The first-order chi connectivity index (χ1) is 27.6. The summed E-state index contributed by atoms with van der Waals surface area (Å²) in [6.45, 7) is 2.17. The molecule has 57 heavy (non-hydrogen) atoms. The van der Waals surface area contributed by atoms with E-state index in [1.54, 1.807) is 54.6 Å². The van der Waals surface area contributed by atoms with Gasteiger partial charge in [-0.3, -0.25) is 0 Å². The standard InChI is InChI=1S/C44H30O13/c1-2-51-28-8-11-36-31(20-28)26(18-39(48)54-36)21-52-44-33-15-25(14-24-17-40(49)56-42-29(24)4-3-5-34(42)46)43(50)57-41(33)32-13-22(6-9-37(32)55-44)12-23-16-38(47)53-35-10-7-27(45)19-30(23)35/h3-11,13,15-20,44-46H,2,12,14,21H2,1H3. The van der Waals surface area contributed by atoms with Gasteiger partial charge in [-0.2, -0.15) is 0 Å². The first-order valence-corrected chi connectivity index (χ1v) is 17.9. The number of benzene rings is 4. The average Bonchev–Trinajstić information content (AvgIpc) is 3.18. The summed E-state index contributed by atoms with van der Waals surface area (Å²) in [5, 5.41) is 22.1. The summed E-state index contributed by atoms with van der Waals surface area (Å²) in [6.07, 6.45) is -0.964. The van der Waals surface area contributed by atoms with Crippen molar-refractivity contribution < 1.29 is 42.1 Å². The van der Waals surface area contributed by atoms with E-state index in [0.29, 0.717) is 73.2 Å². The molecule has 0 amide bonds. The molecule has 13 nitrogen and oxygen atoms in total.